The maximum Gasteiger partial charge on any atom is 0.265 e. The van der Waals surface area contributed by atoms with Gasteiger partial charge in [0.25, 0.3) is 5.91 Å². The van der Waals surface area contributed by atoms with Crippen LogP contribution >= 0.6 is 22.7 Å². The fourth-order valence-corrected chi connectivity index (χ4v) is 5.46. The molecular formula is C26H27N7O2S2. The van der Waals surface area contributed by atoms with Crippen molar-refractivity contribution in [1.82, 2.24) is 19.3 Å². The second-order valence-electron chi connectivity index (χ2n) is 8.47. The van der Waals surface area contributed by atoms with Crippen LogP contribution < -0.4 is 16.4 Å². The van der Waals surface area contributed by atoms with Crippen LogP contribution in [0.3, 0.4) is 0 Å². The number of nitrogens with zero attached hydrogens (tertiary/aromatic N) is 4. The van der Waals surface area contributed by atoms with Crippen LogP contribution in [0.2, 0.25) is 0 Å². The van der Waals surface area contributed by atoms with E-state index in [2.05, 4.69) is 38.0 Å². The van der Waals surface area contributed by atoms with Crippen LogP contribution in [0.5, 0.6) is 0 Å². The lowest BCUT2D eigenvalue weighted by molar-refractivity contribution is 0.103. The molecule has 0 bridgehead atoms. The van der Waals surface area contributed by atoms with E-state index in [1.807, 2.05) is 42.0 Å². The number of imidazole rings is 1. The first-order valence-electron chi connectivity index (χ1n) is 11.6. The third-order valence-corrected chi connectivity index (χ3v) is 7.53. The number of pyridine rings is 1. The molecule has 1 aromatic carbocycles. The highest BCUT2D eigenvalue weighted by molar-refractivity contribution is 7.19. The smallest absolute Gasteiger partial charge is 0.265 e. The summed E-state index contributed by atoms with van der Waals surface area (Å²) in [5.74, 6) is -0.204. The minimum atomic E-state index is -0.204. The number of carbonyl (C=O) groups excluding carboxylic acids is 1. The Morgan fingerprint density at radius 3 is 2.89 bits per heavy atom. The van der Waals surface area contributed by atoms with Crippen molar-refractivity contribution in [1.29, 1.82) is 0 Å². The normalized spacial score (nSPS) is 11.3. The van der Waals surface area contributed by atoms with Gasteiger partial charge in [-0.1, -0.05) is 18.2 Å². The maximum atomic E-state index is 12.6. The Morgan fingerprint density at radius 2 is 2.05 bits per heavy atom. The highest BCUT2D eigenvalue weighted by atomic mass is 32.1. The summed E-state index contributed by atoms with van der Waals surface area (Å²) in [5, 5.41) is 9.74. The number of nitrogens with two attached hydrogens (primary N) is 1. The van der Waals surface area contributed by atoms with Gasteiger partial charge in [-0.15, -0.1) is 22.7 Å². The maximum absolute atomic E-state index is 12.6. The molecule has 0 radical (unpaired) electrons. The Labute approximate surface area is 222 Å². The summed E-state index contributed by atoms with van der Waals surface area (Å²) in [7, 11) is 3.78. The lowest BCUT2D eigenvalue weighted by Gasteiger charge is -2.16. The van der Waals surface area contributed by atoms with Gasteiger partial charge in [-0.25, -0.2) is 9.97 Å². The molecule has 5 aromatic rings. The van der Waals surface area contributed by atoms with E-state index in [4.69, 9.17) is 15.5 Å². The molecule has 190 valence electrons. The molecule has 5 rings (SSSR count). The van der Waals surface area contributed by atoms with Gasteiger partial charge in [0.05, 0.1) is 39.8 Å². The summed E-state index contributed by atoms with van der Waals surface area (Å²) in [5.41, 5.74) is 10.9. The molecule has 0 atom stereocenters. The van der Waals surface area contributed by atoms with E-state index in [1.165, 1.54) is 22.7 Å². The molecule has 37 heavy (non-hydrogen) atoms. The number of carbonyl (C=O) groups is 1. The van der Waals surface area contributed by atoms with Crippen LogP contribution in [0.15, 0.2) is 66.3 Å². The zero-order valence-electron chi connectivity index (χ0n) is 20.5. The summed E-state index contributed by atoms with van der Waals surface area (Å²) in [6.45, 7) is 2.31. The molecule has 4 heterocycles. The molecule has 4 aromatic heterocycles. The van der Waals surface area contributed by atoms with Gasteiger partial charge >= 0.3 is 0 Å². The van der Waals surface area contributed by atoms with Crippen molar-refractivity contribution < 1.29 is 9.53 Å². The van der Waals surface area contributed by atoms with Crippen LogP contribution in [0.25, 0.3) is 17.0 Å². The second kappa shape index (κ2) is 11.1. The lowest BCUT2D eigenvalue weighted by Crippen LogP contribution is -2.22. The number of rotatable bonds is 10. The number of nitrogen functional groups attached to an aromatic ring is 1. The van der Waals surface area contributed by atoms with Crippen molar-refractivity contribution in [2.24, 2.45) is 0 Å². The first kappa shape index (κ1) is 24.9. The Balaban J connectivity index is 1.28. The van der Waals surface area contributed by atoms with E-state index in [0.29, 0.717) is 22.9 Å². The molecule has 0 fully saturated rings. The van der Waals surface area contributed by atoms with Gasteiger partial charge in [0.2, 0.25) is 0 Å². The number of fused-ring (bicyclic) bond motifs is 1. The Hall–Kier alpha value is -3.77. The fourth-order valence-electron chi connectivity index (χ4n) is 3.88. The van der Waals surface area contributed by atoms with E-state index < -0.39 is 0 Å². The van der Waals surface area contributed by atoms with Crippen molar-refractivity contribution in [2.45, 2.75) is 6.54 Å². The quantitative estimate of drug-likeness (QED) is 0.212. The zero-order valence-corrected chi connectivity index (χ0v) is 22.1. The number of nitrogens with one attached hydrogen (secondary N) is 2. The first-order valence-corrected chi connectivity index (χ1v) is 13.3. The van der Waals surface area contributed by atoms with Gasteiger partial charge in [-0.3, -0.25) is 14.1 Å². The Kier molecular flexibility index (Phi) is 7.47. The predicted molar refractivity (Wildman–Crippen MR) is 151 cm³/mol. The van der Waals surface area contributed by atoms with Gasteiger partial charge in [-0.05, 0) is 37.4 Å². The molecule has 1 amide bonds. The molecule has 0 aliphatic rings. The number of anilines is 4. The first-order chi connectivity index (χ1) is 18.0. The molecule has 4 N–H and O–H groups in total. The van der Waals surface area contributed by atoms with Crippen LogP contribution in [0, 0.1) is 0 Å². The minimum absolute atomic E-state index is 0.204. The third kappa shape index (κ3) is 5.65. The Bertz CT molecular complexity index is 1520. The number of thiophene rings is 1. The second-order valence-corrected chi connectivity index (χ2v) is 10.4. The fraction of sp³-hybridized carbons (Fsp3) is 0.192. The summed E-state index contributed by atoms with van der Waals surface area (Å²) in [6.07, 6.45) is 3.86. The summed E-state index contributed by atoms with van der Waals surface area (Å²) in [6, 6.07) is 15.0. The van der Waals surface area contributed by atoms with Crippen LogP contribution in [0.1, 0.15) is 15.2 Å². The third-order valence-electron chi connectivity index (χ3n) is 5.77. The van der Waals surface area contributed by atoms with Gasteiger partial charge in [0.1, 0.15) is 11.3 Å². The van der Waals surface area contributed by atoms with Gasteiger partial charge in [0.15, 0.2) is 5.13 Å². The number of likely N-dealkylation sites (N-methyl/N-ethyl adjacent to an activating group) is 1. The van der Waals surface area contributed by atoms with Crippen molar-refractivity contribution in [3.63, 3.8) is 0 Å². The average Bonchev–Trinajstić information content (AvgIpc) is 3.64. The number of para-hydroxylation sites is 2. The summed E-state index contributed by atoms with van der Waals surface area (Å²) >= 11 is 2.86. The highest BCUT2D eigenvalue weighted by Gasteiger charge is 2.15. The number of methoxy groups -OCH3 is 1. The number of hydrogen-bond acceptors (Lipinski definition) is 9. The molecule has 0 aliphatic carbocycles. The van der Waals surface area contributed by atoms with Crippen molar-refractivity contribution in [3.05, 3.63) is 76.7 Å². The molecule has 0 saturated carbocycles. The molecule has 0 aliphatic heterocycles. The minimum Gasteiger partial charge on any atom is -0.397 e. The van der Waals surface area contributed by atoms with Gasteiger partial charge in [0, 0.05) is 37.3 Å². The number of hydrogen-bond donors (Lipinski definition) is 3. The van der Waals surface area contributed by atoms with Crippen molar-refractivity contribution in [2.75, 3.05) is 43.7 Å². The summed E-state index contributed by atoms with van der Waals surface area (Å²) < 4.78 is 7.26. The number of amides is 1. The van der Waals surface area contributed by atoms with E-state index in [9.17, 15) is 4.79 Å². The molecule has 0 spiro atoms. The topological polar surface area (TPSA) is 110 Å². The molecule has 11 heteroatoms. The van der Waals surface area contributed by atoms with Crippen molar-refractivity contribution >= 4 is 55.7 Å². The standard InChI is InChI=1S/C26H27N7O2S2/c1-32(12-13-35-2)15-17-6-5-11-33-21(14-28-24(17)33)20-16-36-26(30-20)31-23-10-9-22(37-23)25(34)29-19-8-4-3-7-18(19)27/h3-11,14,16H,12-13,15,27H2,1-2H3,(H,29,34)(H,30,31). The van der Waals surface area contributed by atoms with Crippen LogP contribution in [0.4, 0.5) is 21.5 Å². The number of ether oxygens (including phenoxy) is 1. The highest BCUT2D eigenvalue weighted by Crippen LogP contribution is 2.31. The SMILES string of the molecule is COCCN(C)Cc1cccn2c(-c3csc(Nc4ccc(C(=O)Nc5ccccc5N)s4)n3)cnc12. The van der Waals surface area contributed by atoms with Gasteiger partial charge in [-0.2, -0.15) is 0 Å². The van der Waals surface area contributed by atoms with Crippen LogP contribution in [-0.2, 0) is 11.3 Å². The largest absolute Gasteiger partial charge is 0.397 e. The molecular weight excluding hydrogens is 506 g/mol. The predicted octanol–water partition coefficient (Wildman–Crippen LogP) is 5.18. The van der Waals surface area contributed by atoms with E-state index in [-0.39, 0.29) is 5.91 Å². The molecule has 9 nitrogen and oxygen atoms in total. The van der Waals surface area contributed by atoms with Crippen molar-refractivity contribution in [3.8, 4) is 11.4 Å². The van der Waals surface area contributed by atoms with E-state index in [1.54, 1.807) is 25.3 Å². The monoisotopic (exact) mass is 533 g/mol. The Morgan fingerprint density at radius 1 is 1.19 bits per heavy atom. The van der Waals surface area contributed by atoms with E-state index in [0.717, 1.165) is 45.8 Å². The van der Waals surface area contributed by atoms with Gasteiger partial charge < -0.3 is 21.1 Å². The zero-order chi connectivity index (χ0) is 25.8. The number of benzene rings is 1. The summed E-state index contributed by atoms with van der Waals surface area (Å²) in [4.78, 5) is 24.9. The number of aromatic nitrogens is 3. The van der Waals surface area contributed by atoms with E-state index >= 15 is 0 Å². The number of thiazole rings is 1. The van der Waals surface area contributed by atoms with Crippen LogP contribution in [-0.4, -0.2) is 52.5 Å². The molecule has 0 saturated heterocycles. The molecule has 0 unspecified atom stereocenters. The average molecular weight is 534 g/mol. The lowest BCUT2D eigenvalue weighted by atomic mass is 10.2.